The molecule has 0 spiro atoms. The van der Waals surface area contributed by atoms with E-state index in [-0.39, 0.29) is 29.9 Å². The van der Waals surface area contributed by atoms with Crippen molar-refractivity contribution in [3.63, 3.8) is 0 Å². The van der Waals surface area contributed by atoms with Crippen molar-refractivity contribution in [2.45, 2.75) is 32.7 Å². The topological polar surface area (TPSA) is 70.7 Å². The predicted molar refractivity (Wildman–Crippen MR) is 122 cm³/mol. The standard InChI is InChI=1S/C21H26N4O.HI/c1-16-5-11-19(12-6-16)24-21(22)23-15-17-7-9-18(10-8-17)20(26)25-13-3-2-4-14-25;/h5-12H,2-4,13-15H2,1H3,(H3,22,23,24);1H. The fourth-order valence-electron chi connectivity index (χ4n) is 3.03. The number of guanidine groups is 1. The average Bonchev–Trinajstić information content (AvgIpc) is 2.69. The first kappa shape index (κ1) is 21.2. The number of rotatable bonds is 4. The first-order valence-electron chi connectivity index (χ1n) is 9.13. The van der Waals surface area contributed by atoms with Gasteiger partial charge in [-0.15, -0.1) is 24.0 Å². The first-order valence-corrected chi connectivity index (χ1v) is 9.13. The number of nitrogens with zero attached hydrogens (tertiary/aromatic N) is 2. The lowest BCUT2D eigenvalue weighted by Gasteiger charge is -2.26. The molecule has 6 heteroatoms. The van der Waals surface area contributed by atoms with Gasteiger partial charge in [0.1, 0.15) is 0 Å². The van der Waals surface area contributed by atoms with Gasteiger partial charge >= 0.3 is 0 Å². The number of hydrogen-bond acceptors (Lipinski definition) is 2. The van der Waals surface area contributed by atoms with Crippen LogP contribution in [0.5, 0.6) is 0 Å². The van der Waals surface area contributed by atoms with E-state index in [2.05, 4.69) is 10.3 Å². The summed E-state index contributed by atoms with van der Waals surface area (Å²) in [7, 11) is 0. The van der Waals surface area contributed by atoms with Crippen LogP contribution in [0.4, 0.5) is 5.69 Å². The number of hydrogen-bond donors (Lipinski definition) is 2. The molecule has 3 rings (SSSR count). The number of amides is 1. The lowest BCUT2D eigenvalue weighted by Crippen LogP contribution is -2.35. The van der Waals surface area contributed by atoms with Crippen LogP contribution in [0.1, 0.15) is 40.7 Å². The summed E-state index contributed by atoms with van der Waals surface area (Å²) in [5.74, 6) is 0.502. The Kier molecular flexibility index (Phi) is 8.09. The number of benzene rings is 2. The number of nitrogens with two attached hydrogens (primary N) is 1. The van der Waals surface area contributed by atoms with E-state index in [0.29, 0.717) is 12.5 Å². The molecular formula is C21H27IN4O. The van der Waals surface area contributed by atoms with Gasteiger partial charge in [0.15, 0.2) is 5.96 Å². The molecule has 0 saturated carbocycles. The Morgan fingerprint density at radius 1 is 1.04 bits per heavy atom. The minimum absolute atomic E-state index is 0. The largest absolute Gasteiger partial charge is 0.370 e. The number of carbonyl (C=O) groups is 1. The lowest BCUT2D eigenvalue weighted by atomic mass is 10.1. The van der Waals surface area contributed by atoms with Crippen LogP contribution in [0.15, 0.2) is 53.5 Å². The van der Waals surface area contributed by atoms with Crippen LogP contribution in [0, 0.1) is 6.92 Å². The Hall–Kier alpha value is -2.09. The number of halogens is 1. The first-order chi connectivity index (χ1) is 12.6. The van der Waals surface area contributed by atoms with Gasteiger partial charge in [-0.3, -0.25) is 4.79 Å². The third-order valence-electron chi connectivity index (χ3n) is 4.60. The molecule has 5 nitrogen and oxygen atoms in total. The molecule has 1 amide bonds. The third-order valence-corrected chi connectivity index (χ3v) is 4.60. The molecule has 2 aromatic rings. The van der Waals surface area contributed by atoms with Crippen LogP contribution < -0.4 is 11.1 Å². The average molecular weight is 478 g/mol. The molecule has 0 aliphatic carbocycles. The van der Waals surface area contributed by atoms with E-state index in [1.165, 1.54) is 12.0 Å². The predicted octanol–water partition coefficient (Wildman–Crippen LogP) is 4.17. The highest BCUT2D eigenvalue weighted by Gasteiger charge is 2.17. The van der Waals surface area contributed by atoms with Crippen molar-refractivity contribution in [3.8, 4) is 0 Å². The lowest BCUT2D eigenvalue weighted by molar-refractivity contribution is 0.0724. The van der Waals surface area contributed by atoms with Crippen LogP contribution in [-0.4, -0.2) is 29.9 Å². The summed E-state index contributed by atoms with van der Waals surface area (Å²) in [6, 6.07) is 15.6. The van der Waals surface area contributed by atoms with Gasteiger partial charge in [-0.1, -0.05) is 29.8 Å². The molecule has 1 saturated heterocycles. The quantitative estimate of drug-likeness (QED) is 0.394. The molecule has 1 aliphatic rings. The van der Waals surface area contributed by atoms with E-state index >= 15 is 0 Å². The molecule has 144 valence electrons. The summed E-state index contributed by atoms with van der Waals surface area (Å²) in [6.07, 6.45) is 3.43. The van der Waals surface area contributed by atoms with Gasteiger partial charge in [0.05, 0.1) is 6.54 Å². The zero-order chi connectivity index (χ0) is 18.4. The third kappa shape index (κ3) is 6.23. The maximum atomic E-state index is 12.5. The maximum Gasteiger partial charge on any atom is 0.253 e. The van der Waals surface area contributed by atoms with E-state index in [9.17, 15) is 4.79 Å². The molecule has 0 unspecified atom stereocenters. The molecule has 0 bridgehead atoms. The minimum Gasteiger partial charge on any atom is -0.370 e. The fourth-order valence-corrected chi connectivity index (χ4v) is 3.03. The SMILES string of the molecule is Cc1ccc(NC(N)=NCc2ccc(C(=O)N3CCCCC3)cc2)cc1.I. The van der Waals surface area contributed by atoms with E-state index in [1.54, 1.807) is 0 Å². The summed E-state index contributed by atoms with van der Waals surface area (Å²) in [5, 5.41) is 3.08. The van der Waals surface area contributed by atoms with Crippen molar-refractivity contribution in [2.75, 3.05) is 18.4 Å². The second kappa shape index (κ2) is 10.3. The summed E-state index contributed by atoms with van der Waals surface area (Å²) in [6.45, 7) is 4.25. The fraction of sp³-hybridized carbons (Fsp3) is 0.333. The Bertz CT molecular complexity index is 766. The van der Waals surface area contributed by atoms with Crippen molar-refractivity contribution in [2.24, 2.45) is 10.7 Å². The normalized spacial score (nSPS) is 14.4. The van der Waals surface area contributed by atoms with Crippen LogP contribution >= 0.6 is 24.0 Å². The van der Waals surface area contributed by atoms with Crippen LogP contribution in [0.25, 0.3) is 0 Å². The summed E-state index contributed by atoms with van der Waals surface area (Å²) >= 11 is 0. The highest BCUT2D eigenvalue weighted by atomic mass is 127. The number of carbonyl (C=O) groups excluding carboxylic acids is 1. The number of nitrogens with one attached hydrogen (secondary N) is 1. The van der Waals surface area contributed by atoms with Crippen molar-refractivity contribution in [1.29, 1.82) is 0 Å². The number of likely N-dealkylation sites (tertiary alicyclic amines) is 1. The Morgan fingerprint density at radius 3 is 2.30 bits per heavy atom. The molecule has 0 aromatic heterocycles. The Morgan fingerprint density at radius 2 is 1.67 bits per heavy atom. The van der Waals surface area contributed by atoms with Gasteiger partial charge in [-0.25, -0.2) is 4.99 Å². The maximum absolute atomic E-state index is 12.5. The highest BCUT2D eigenvalue weighted by Crippen LogP contribution is 2.14. The van der Waals surface area contributed by atoms with Gasteiger partial charge in [0.2, 0.25) is 0 Å². The van der Waals surface area contributed by atoms with E-state index in [1.807, 2.05) is 60.4 Å². The van der Waals surface area contributed by atoms with Crippen LogP contribution in [0.3, 0.4) is 0 Å². The number of piperidine rings is 1. The molecule has 0 atom stereocenters. The number of aliphatic imine (C=N–C) groups is 1. The van der Waals surface area contributed by atoms with Crippen LogP contribution in [0.2, 0.25) is 0 Å². The second-order valence-electron chi connectivity index (χ2n) is 6.74. The summed E-state index contributed by atoms with van der Waals surface area (Å²) < 4.78 is 0. The van der Waals surface area contributed by atoms with Gasteiger partial charge < -0.3 is 16.0 Å². The van der Waals surface area contributed by atoms with E-state index in [0.717, 1.165) is 42.7 Å². The van der Waals surface area contributed by atoms with Gasteiger partial charge in [-0.2, -0.15) is 0 Å². The van der Waals surface area contributed by atoms with Crippen LogP contribution in [-0.2, 0) is 6.54 Å². The van der Waals surface area contributed by atoms with Gasteiger partial charge in [0, 0.05) is 24.3 Å². The molecule has 3 N–H and O–H groups in total. The van der Waals surface area contributed by atoms with E-state index < -0.39 is 0 Å². The van der Waals surface area contributed by atoms with Gasteiger partial charge in [-0.05, 0) is 56.0 Å². The van der Waals surface area contributed by atoms with Crippen molar-refractivity contribution in [1.82, 2.24) is 4.90 Å². The Labute approximate surface area is 178 Å². The molecule has 1 aliphatic heterocycles. The van der Waals surface area contributed by atoms with Crippen molar-refractivity contribution < 1.29 is 4.79 Å². The Balaban J connectivity index is 0.00000261. The van der Waals surface area contributed by atoms with Crippen molar-refractivity contribution in [3.05, 3.63) is 65.2 Å². The van der Waals surface area contributed by atoms with Crippen molar-refractivity contribution >= 4 is 41.5 Å². The summed E-state index contributed by atoms with van der Waals surface area (Å²) in [4.78, 5) is 18.8. The summed E-state index contributed by atoms with van der Waals surface area (Å²) in [5.41, 5.74) is 9.82. The monoisotopic (exact) mass is 478 g/mol. The molecule has 1 heterocycles. The van der Waals surface area contributed by atoms with E-state index in [4.69, 9.17) is 5.73 Å². The molecule has 0 radical (unpaired) electrons. The molecular weight excluding hydrogens is 451 g/mol. The number of anilines is 1. The molecule has 1 fully saturated rings. The second-order valence-corrected chi connectivity index (χ2v) is 6.74. The highest BCUT2D eigenvalue weighted by molar-refractivity contribution is 14.0. The zero-order valence-electron chi connectivity index (χ0n) is 15.6. The minimum atomic E-state index is 0. The zero-order valence-corrected chi connectivity index (χ0v) is 18.0. The van der Waals surface area contributed by atoms with Gasteiger partial charge in [0.25, 0.3) is 5.91 Å². The molecule has 27 heavy (non-hydrogen) atoms. The number of aryl methyl sites for hydroxylation is 1. The smallest absolute Gasteiger partial charge is 0.253 e. The molecule has 2 aromatic carbocycles.